The Labute approximate surface area is 110 Å². The van der Waals surface area contributed by atoms with E-state index in [9.17, 15) is 4.79 Å². The predicted molar refractivity (Wildman–Crippen MR) is 68.5 cm³/mol. The summed E-state index contributed by atoms with van der Waals surface area (Å²) in [4.78, 5) is 10.8. The van der Waals surface area contributed by atoms with Crippen LogP contribution in [0.5, 0.6) is 11.5 Å². The molecule has 0 bridgehead atoms. The number of methoxy groups -OCH3 is 2. The third-order valence-corrected chi connectivity index (χ3v) is 2.73. The maximum atomic E-state index is 10.8. The number of nitrogens with zero attached hydrogens (tertiary/aromatic N) is 1. The van der Waals surface area contributed by atoms with Crippen LogP contribution in [0, 0.1) is 0 Å². The minimum Gasteiger partial charge on any atom is -0.493 e. The molecule has 0 aliphatic carbocycles. The fourth-order valence-corrected chi connectivity index (χ4v) is 1.85. The van der Waals surface area contributed by atoms with Crippen molar-refractivity contribution in [2.45, 2.75) is 6.42 Å². The molecule has 1 aromatic carbocycles. The Bertz CT molecular complexity index is 592. The second kappa shape index (κ2) is 5.43. The minimum atomic E-state index is -0.900. The zero-order valence-corrected chi connectivity index (χ0v) is 10.6. The van der Waals surface area contributed by atoms with E-state index in [0.29, 0.717) is 22.8 Å². The molecule has 0 saturated carbocycles. The number of hydrogen-bond donors (Lipinski definition) is 2. The normalized spacial score (nSPS) is 10.2. The number of hydrogen-bond acceptors (Lipinski definition) is 4. The average molecular weight is 262 g/mol. The van der Waals surface area contributed by atoms with Gasteiger partial charge in [-0.25, -0.2) is 0 Å². The number of H-pyrrole nitrogens is 1. The lowest BCUT2D eigenvalue weighted by atomic mass is 10.1. The Morgan fingerprint density at radius 2 is 2.05 bits per heavy atom. The molecule has 2 N–H and O–H groups in total. The van der Waals surface area contributed by atoms with E-state index in [1.807, 2.05) is 6.07 Å². The van der Waals surface area contributed by atoms with Gasteiger partial charge in [-0.05, 0) is 18.2 Å². The van der Waals surface area contributed by atoms with E-state index in [1.165, 1.54) is 6.20 Å². The lowest BCUT2D eigenvalue weighted by molar-refractivity contribution is -0.136. The summed E-state index contributed by atoms with van der Waals surface area (Å²) in [6.07, 6.45) is 1.43. The molecule has 0 aliphatic rings. The number of aromatic amines is 1. The maximum Gasteiger partial charge on any atom is 0.307 e. The Morgan fingerprint density at radius 3 is 2.68 bits per heavy atom. The van der Waals surface area contributed by atoms with Gasteiger partial charge in [0, 0.05) is 11.1 Å². The predicted octanol–water partition coefficient (Wildman–Crippen LogP) is 1.72. The van der Waals surface area contributed by atoms with Crippen LogP contribution in [0.4, 0.5) is 0 Å². The average Bonchev–Trinajstić information content (AvgIpc) is 2.85. The van der Waals surface area contributed by atoms with Crippen LogP contribution >= 0.6 is 0 Å². The molecule has 0 saturated heterocycles. The number of carbonyl (C=O) groups is 1. The molecule has 0 aliphatic heterocycles. The van der Waals surface area contributed by atoms with Gasteiger partial charge < -0.3 is 14.6 Å². The second-order valence-corrected chi connectivity index (χ2v) is 3.91. The Morgan fingerprint density at radius 1 is 1.32 bits per heavy atom. The monoisotopic (exact) mass is 262 g/mol. The topological polar surface area (TPSA) is 84.4 Å². The standard InChI is InChI=1S/C13H14N2O4/c1-18-10-4-3-8(5-11(10)19-2)13-9(6-12(16)17)7-14-15-13/h3-5,7H,6H2,1-2H3,(H,14,15)(H,16,17). The molecule has 2 rings (SSSR count). The molecule has 1 heterocycles. The highest BCUT2D eigenvalue weighted by molar-refractivity contribution is 5.75. The number of rotatable bonds is 5. The first-order valence-corrected chi connectivity index (χ1v) is 5.62. The van der Waals surface area contributed by atoms with Crippen molar-refractivity contribution < 1.29 is 19.4 Å². The summed E-state index contributed by atoms with van der Waals surface area (Å²) < 4.78 is 10.4. The summed E-state index contributed by atoms with van der Waals surface area (Å²) in [5.74, 6) is 0.296. The van der Waals surface area contributed by atoms with Crippen molar-refractivity contribution in [3.05, 3.63) is 30.0 Å². The van der Waals surface area contributed by atoms with Gasteiger partial charge in [-0.2, -0.15) is 5.10 Å². The number of benzene rings is 1. The Balaban J connectivity index is 2.42. The summed E-state index contributed by atoms with van der Waals surface area (Å²) in [6.45, 7) is 0. The van der Waals surface area contributed by atoms with Crippen molar-refractivity contribution in [2.75, 3.05) is 14.2 Å². The summed E-state index contributed by atoms with van der Waals surface area (Å²) >= 11 is 0. The van der Waals surface area contributed by atoms with Gasteiger partial charge in [0.2, 0.25) is 0 Å². The van der Waals surface area contributed by atoms with Gasteiger partial charge in [0.15, 0.2) is 11.5 Å². The van der Waals surface area contributed by atoms with Gasteiger partial charge in [-0.3, -0.25) is 9.89 Å². The highest BCUT2D eigenvalue weighted by Gasteiger charge is 2.13. The van der Waals surface area contributed by atoms with Gasteiger partial charge in [0.25, 0.3) is 0 Å². The fourth-order valence-electron chi connectivity index (χ4n) is 1.85. The van der Waals surface area contributed by atoms with Crippen molar-refractivity contribution in [2.24, 2.45) is 0 Å². The van der Waals surface area contributed by atoms with Gasteiger partial charge in [-0.1, -0.05) is 0 Å². The van der Waals surface area contributed by atoms with Crippen LogP contribution in [0.2, 0.25) is 0 Å². The Hall–Kier alpha value is -2.50. The van der Waals surface area contributed by atoms with Gasteiger partial charge in [0.05, 0.1) is 32.5 Å². The van der Waals surface area contributed by atoms with E-state index in [4.69, 9.17) is 14.6 Å². The molecular formula is C13H14N2O4. The van der Waals surface area contributed by atoms with Crippen LogP contribution in [0.15, 0.2) is 24.4 Å². The maximum absolute atomic E-state index is 10.8. The molecule has 19 heavy (non-hydrogen) atoms. The highest BCUT2D eigenvalue weighted by Crippen LogP contribution is 2.32. The molecule has 0 atom stereocenters. The lowest BCUT2D eigenvalue weighted by Gasteiger charge is -2.09. The van der Waals surface area contributed by atoms with Crippen molar-refractivity contribution in [1.29, 1.82) is 0 Å². The lowest BCUT2D eigenvalue weighted by Crippen LogP contribution is -2.00. The number of aromatic nitrogens is 2. The van der Waals surface area contributed by atoms with Crippen molar-refractivity contribution >= 4 is 5.97 Å². The molecular weight excluding hydrogens is 248 g/mol. The zero-order valence-electron chi connectivity index (χ0n) is 10.6. The van der Waals surface area contributed by atoms with E-state index in [2.05, 4.69) is 10.2 Å². The van der Waals surface area contributed by atoms with Gasteiger partial charge >= 0.3 is 5.97 Å². The first-order chi connectivity index (χ1) is 9.15. The van der Waals surface area contributed by atoms with E-state index in [0.717, 1.165) is 5.56 Å². The molecule has 6 heteroatoms. The molecule has 0 fully saturated rings. The van der Waals surface area contributed by atoms with Crippen LogP contribution in [-0.4, -0.2) is 35.5 Å². The number of carboxylic acids is 1. The third kappa shape index (κ3) is 2.67. The van der Waals surface area contributed by atoms with Crippen LogP contribution in [0.1, 0.15) is 5.56 Å². The summed E-state index contributed by atoms with van der Waals surface area (Å²) in [5.41, 5.74) is 2.09. The first-order valence-electron chi connectivity index (χ1n) is 5.62. The van der Waals surface area contributed by atoms with Crippen molar-refractivity contribution in [3.8, 4) is 22.8 Å². The fraction of sp³-hybridized carbons (Fsp3) is 0.231. The molecule has 2 aromatic rings. The van der Waals surface area contributed by atoms with Gasteiger partial charge in [0.1, 0.15) is 0 Å². The van der Waals surface area contributed by atoms with Crippen molar-refractivity contribution in [3.63, 3.8) is 0 Å². The number of ether oxygens (including phenoxy) is 2. The molecule has 0 amide bonds. The summed E-state index contributed by atoms with van der Waals surface area (Å²) in [6, 6.07) is 5.36. The highest BCUT2D eigenvalue weighted by atomic mass is 16.5. The minimum absolute atomic E-state index is 0.0832. The quantitative estimate of drug-likeness (QED) is 0.857. The van der Waals surface area contributed by atoms with E-state index in [-0.39, 0.29) is 6.42 Å². The summed E-state index contributed by atoms with van der Waals surface area (Å²) in [5, 5.41) is 15.5. The largest absolute Gasteiger partial charge is 0.493 e. The molecule has 6 nitrogen and oxygen atoms in total. The molecule has 1 aromatic heterocycles. The van der Waals surface area contributed by atoms with E-state index < -0.39 is 5.97 Å². The number of nitrogens with one attached hydrogen (secondary N) is 1. The molecule has 0 spiro atoms. The molecule has 100 valence electrons. The third-order valence-electron chi connectivity index (χ3n) is 2.73. The van der Waals surface area contributed by atoms with Crippen LogP contribution < -0.4 is 9.47 Å². The van der Waals surface area contributed by atoms with E-state index in [1.54, 1.807) is 26.4 Å². The van der Waals surface area contributed by atoms with E-state index >= 15 is 0 Å². The zero-order chi connectivity index (χ0) is 13.8. The number of carboxylic acid groups (broad SMARTS) is 1. The SMILES string of the molecule is COc1ccc(-c2[nH]ncc2CC(=O)O)cc1OC. The smallest absolute Gasteiger partial charge is 0.307 e. The van der Waals surface area contributed by atoms with Gasteiger partial charge in [-0.15, -0.1) is 0 Å². The first kappa shape index (κ1) is 12.9. The van der Waals surface area contributed by atoms with Crippen molar-refractivity contribution in [1.82, 2.24) is 10.2 Å². The van der Waals surface area contributed by atoms with Crippen LogP contribution in [0.25, 0.3) is 11.3 Å². The second-order valence-electron chi connectivity index (χ2n) is 3.91. The Kier molecular flexibility index (Phi) is 3.70. The molecule has 0 unspecified atom stereocenters. The summed E-state index contributed by atoms with van der Waals surface area (Å²) in [7, 11) is 3.11. The number of aliphatic carboxylic acids is 1. The molecule has 0 radical (unpaired) electrons. The van der Waals surface area contributed by atoms with Crippen LogP contribution in [0.3, 0.4) is 0 Å². The van der Waals surface area contributed by atoms with Crippen LogP contribution in [-0.2, 0) is 11.2 Å².